The quantitative estimate of drug-likeness (QED) is 0.258. The number of carbonyl (C=O) groups is 5. The Kier molecular flexibility index (Phi) is 11.9. The Morgan fingerprint density at radius 1 is 0.907 bits per heavy atom. The summed E-state index contributed by atoms with van der Waals surface area (Å²) in [5.74, 6) is -3.17. The molecule has 1 aliphatic heterocycles. The van der Waals surface area contributed by atoms with E-state index in [1.54, 1.807) is 57.2 Å². The predicted molar refractivity (Wildman–Crippen MR) is 154 cm³/mol. The van der Waals surface area contributed by atoms with Crippen molar-refractivity contribution >= 4 is 30.0 Å². The first-order valence-corrected chi connectivity index (χ1v) is 14.0. The van der Waals surface area contributed by atoms with Crippen molar-refractivity contribution in [1.82, 2.24) is 15.3 Å². The summed E-state index contributed by atoms with van der Waals surface area (Å²) in [4.78, 5) is 66.6. The van der Waals surface area contributed by atoms with E-state index in [1.807, 2.05) is 24.3 Å². The average molecular weight is 598 g/mol. The number of hydrogen-bond donors (Lipinski definition) is 1. The maximum Gasteiger partial charge on any atom is 0.426 e. The molecule has 2 aromatic rings. The predicted octanol–water partition coefficient (Wildman–Crippen LogP) is 3.98. The Morgan fingerprint density at radius 2 is 1.49 bits per heavy atom. The van der Waals surface area contributed by atoms with Crippen molar-refractivity contribution in [3.8, 4) is 0 Å². The first kappa shape index (κ1) is 32.9. The number of piperidine rings is 1. The first-order chi connectivity index (χ1) is 20.5. The summed E-state index contributed by atoms with van der Waals surface area (Å²) in [6.45, 7) is 4.74. The number of benzene rings is 2. The number of nitrogens with zero attached hydrogens (tertiary/aromatic N) is 2. The molecule has 0 aromatic heterocycles. The Morgan fingerprint density at radius 3 is 2.05 bits per heavy atom. The van der Waals surface area contributed by atoms with Crippen molar-refractivity contribution in [1.29, 1.82) is 0 Å². The van der Waals surface area contributed by atoms with Crippen LogP contribution in [0.3, 0.4) is 0 Å². The SMILES string of the molecule is COC(=O)[C@@H]1CCCN(C(=O)OCc2ccccc2)[C@@H]1C(=O)N(CCC(=O)OCc1ccccc1)NC(=O)OC(C)(C)C. The highest BCUT2D eigenvalue weighted by Gasteiger charge is 2.46. The van der Waals surface area contributed by atoms with Gasteiger partial charge in [-0.15, -0.1) is 0 Å². The zero-order valence-corrected chi connectivity index (χ0v) is 24.9. The van der Waals surface area contributed by atoms with E-state index in [0.29, 0.717) is 6.42 Å². The second kappa shape index (κ2) is 15.6. The largest absolute Gasteiger partial charge is 0.469 e. The summed E-state index contributed by atoms with van der Waals surface area (Å²) in [5.41, 5.74) is 3.01. The van der Waals surface area contributed by atoms with E-state index in [-0.39, 0.29) is 39.1 Å². The number of nitrogens with one attached hydrogen (secondary N) is 1. The fourth-order valence-electron chi connectivity index (χ4n) is 4.51. The van der Waals surface area contributed by atoms with Gasteiger partial charge in [-0.3, -0.25) is 19.3 Å². The molecule has 2 aromatic carbocycles. The summed E-state index contributed by atoms with van der Waals surface area (Å²) in [7, 11) is 1.19. The van der Waals surface area contributed by atoms with Gasteiger partial charge in [0.2, 0.25) is 0 Å². The molecule has 3 amide bonds. The molecule has 12 heteroatoms. The van der Waals surface area contributed by atoms with Crippen LogP contribution in [0.4, 0.5) is 9.59 Å². The molecule has 232 valence electrons. The number of hydrogen-bond acceptors (Lipinski definition) is 9. The molecule has 0 bridgehead atoms. The highest BCUT2D eigenvalue weighted by Crippen LogP contribution is 2.27. The van der Waals surface area contributed by atoms with Crippen LogP contribution in [0.15, 0.2) is 60.7 Å². The van der Waals surface area contributed by atoms with Crippen LogP contribution in [0, 0.1) is 5.92 Å². The highest BCUT2D eigenvalue weighted by atomic mass is 16.6. The summed E-state index contributed by atoms with van der Waals surface area (Å²) in [5, 5.41) is 0.876. The van der Waals surface area contributed by atoms with Crippen molar-refractivity contribution < 1.29 is 42.9 Å². The van der Waals surface area contributed by atoms with Gasteiger partial charge in [-0.1, -0.05) is 60.7 Å². The molecule has 3 rings (SSSR count). The van der Waals surface area contributed by atoms with Crippen LogP contribution >= 0.6 is 0 Å². The van der Waals surface area contributed by atoms with Crippen LogP contribution in [0.25, 0.3) is 0 Å². The van der Waals surface area contributed by atoms with Gasteiger partial charge in [-0.2, -0.15) is 0 Å². The normalized spacial score (nSPS) is 16.4. The number of rotatable bonds is 9. The Hall–Kier alpha value is -4.61. The van der Waals surface area contributed by atoms with Crippen molar-refractivity contribution in [2.45, 2.75) is 64.9 Å². The lowest BCUT2D eigenvalue weighted by Gasteiger charge is -2.40. The van der Waals surface area contributed by atoms with Crippen molar-refractivity contribution in [3.05, 3.63) is 71.8 Å². The van der Waals surface area contributed by atoms with Gasteiger partial charge in [0, 0.05) is 6.54 Å². The van der Waals surface area contributed by atoms with Gasteiger partial charge in [-0.25, -0.2) is 20.0 Å². The third kappa shape index (κ3) is 10.3. The van der Waals surface area contributed by atoms with E-state index in [0.717, 1.165) is 21.0 Å². The number of ether oxygens (including phenoxy) is 4. The van der Waals surface area contributed by atoms with E-state index in [9.17, 15) is 24.0 Å². The topological polar surface area (TPSA) is 141 Å². The third-order valence-corrected chi connectivity index (χ3v) is 6.50. The van der Waals surface area contributed by atoms with E-state index in [2.05, 4.69) is 5.43 Å². The standard InChI is InChI=1S/C31H39N3O9/c1-31(2,3)43-29(38)32-34(19-17-25(35)41-20-22-12-7-5-8-13-22)27(36)26-24(28(37)40-4)16-11-18-33(26)30(39)42-21-23-14-9-6-10-15-23/h5-10,12-15,24,26H,11,16-21H2,1-4H3,(H,32,38)/t24-,26+/m1/s1. The second-order valence-corrected chi connectivity index (χ2v) is 11.0. The van der Waals surface area contributed by atoms with E-state index < -0.39 is 47.6 Å². The molecule has 0 aliphatic carbocycles. The van der Waals surface area contributed by atoms with Gasteiger partial charge in [0.25, 0.3) is 5.91 Å². The molecule has 1 heterocycles. The highest BCUT2D eigenvalue weighted by molar-refractivity contribution is 5.92. The zero-order chi connectivity index (χ0) is 31.4. The number of esters is 2. The van der Waals surface area contributed by atoms with Gasteiger partial charge in [-0.05, 0) is 44.7 Å². The Labute approximate surface area is 251 Å². The zero-order valence-electron chi connectivity index (χ0n) is 24.9. The van der Waals surface area contributed by atoms with Gasteiger partial charge in [0.1, 0.15) is 24.9 Å². The molecule has 0 spiro atoms. The minimum atomic E-state index is -1.38. The van der Waals surface area contributed by atoms with Gasteiger partial charge >= 0.3 is 24.1 Å². The molecule has 0 saturated carbocycles. The average Bonchev–Trinajstić information content (AvgIpc) is 2.99. The Bertz CT molecular complexity index is 1250. The molecule has 12 nitrogen and oxygen atoms in total. The number of likely N-dealkylation sites (tertiary alicyclic amines) is 1. The van der Waals surface area contributed by atoms with Crippen molar-refractivity contribution in [2.24, 2.45) is 5.92 Å². The van der Waals surface area contributed by atoms with E-state index >= 15 is 0 Å². The van der Waals surface area contributed by atoms with Gasteiger partial charge in [0.05, 0.1) is 26.0 Å². The monoisotopic (exact) mass is 597 g/mol. The summed E-state index contributed by atoms with van der Waals surface area (Å²) in [6.07, 6.45) is -1.39. The summed E-state index contributed by atoms with van der Waals surface area (Å²) < 4.78 is 21.1. The fourth-order valence-corrected chi connectivity index (χ4v) is 4.51. The number of hydrazine groups is 1. The molecule has 1 N–H and O–H groups in total. The molecular weight excluding hydrogens is 558 g/mol. The van der Waals surface area contributed by atoms with Crippen LogP contribution in [0.2, 0.25) is 0 Å². The number of amides is 3. The summed E-state index contributed by atoms with van der Waals surface area (Å²) >= 11 is 0. The minimum absolute atomic E-state index is 0.0290. The lowest BCUT2D eigenvalue weighted by Crippen LogP contribution is -2.62. The first-order valence-electron chi connectivity index (χ1n) is 14.0. The fraction of sp³-hybridized carbons (Fsp3) is 0.452. The lowest BCUT2D eigenvalue weighted by molar-refractivity contribution is -0.158. The smallest absolute Gasteiger partial charge is 0.426 e. The second-order valence-electron chi connectivity index (χ2n) is 11.0. The van der Waals surface area contributed by atoms with Crippen molar-refractivity contribution in [2.75, 3.05) is 20.2 Å². The van der Waals surface area contributed by atoms with Crippen LogP contribution in [-0.4, -0.2) is 71.8 Å². The molecule has 0 radical (unpaired) electrons. The molecule has 1 saturated heterocycles. The number of carbonyl (C=O) groups excluding carboxylic acids is 5. The minimum Gasteiger partial charge on any atom is -0.469 e. The van der Waals surface area contributed by atoms with E-state index in [4.69, 9.17) is 18.9 Å². The molecule has 1 aliphatic rings. The maximum absolute atomic E-state index is 14.1. The molecule has 0 unspecified atom stereocenters. The third-order valence-electron chi connectivity index (χ3n) is 6.50. The van der Waals surface area contributed by atoms with Crippen LogP contribution < -0.4 is 5.43 Å². The summed E-state index contributed by atoms with van der Waals surface area (Å²) in [6, 6.07) is 16.7. The molecule has 43 heavy (non-hydrogen) atoms. The van der Waals surface area contributed by atoms with Crippen LogP contribution in [0.1, 0.15) is 51.2 Å². The van der Waals surface area contributed by atoms with Crippen LogP contribution in [-0.2, 0) is 46.5 Å². The van der Waals surface area contributed by atoms with Gasteiger partial charge < -0.3 is 18.9 Å². The molecule has 1 fully saturated rings. The maximum atomic E-state index is 14.1. The molecule has 2 atom stereocenters. The Balaban J connectivity index is 1.81. The lowest BCUT2D eigenvalue weighted by atomic mass is 9.88. The van der Waals surface area contributed by atoms with E-state index in [1.165, 1.54) is 7.11 Å². The van der Waals surface area contributed by atoms with Crippen LogP contribution in [0.5, 0.6) is 0 Å². The van der Waals surface area contributed by atoms with Crippen molar-refractivity contribution in [3.63, 3.8) is 0 Å². The molecular formula is C31H39N3O9. The number of methoxy groups -OCH3 is 1. The van der Waals surface area contributed by atoms with Gasteiger partial charge in [0.15, 0.2) is 0 Å².